The van der Waals surface area contributed by atoms with Crippen molar-refractivity contribution in [2.24, 2.45) is 28.6 Å². The summed E-state index contributed by atoms with van der Waals surface area (Å²) in [7, 11) is 1.60. The molecule has 0 bridgehead atoms. The van der Waals surface area contributed by atoms with Gasteiger partial charge in [-0.2, -0.15) is 0 Å². The molecule has 4 heteroatoms. The number of fused-ring (bicyclic) bond motifs is 5. The molecule has 0 N–H and O–H groups in total. The molecule has 0 heterocycles. The zero-order valence-electron chi connectivity index (χ0n) is 18.0. The lowest BCUT2D eigenvalue weighted by atomic mass is 9.47. The summed E-state index contributed by atoms with van der Waals surface area (Å²) in [6.07, 6.45) is 9.69. The van der Waals surface area contributed by atoms with Crippen LogP contribution in [0.25, 0.3) is 0 Å². The van der Waals surface area contributed by atoms with E-state index in [4.69, 9.17) is 9.47 Å². The standard InChI is InChI=1S/C25H32O4/c1-15-16(2)24(5)18(13-22(15)27)7-8-19-20-10-12-25(17(3)26,29-14-28-6)23(20,4)11-9-21(19)24/h7-8,13,19-21H,1-2,9-12,14H2,3-6H3/t19-,20-,21-,23-,24-,25-/m0/s1. The fourth-order valence-corrected chi connectivity index (χ4v) is 7.10. The topological polar surface area (TPSA) is 52.6 Å². The van der Waals surface area contributed by atoms with E-state index in [1.54, 1.807) is 20.1 Å². The fraction of sp³-hybridized carbons (Fsp3) is 0.600. The van der Waals surface area contributed by atoms with Crippen molar-refractivity contribution >= 4 is 11.6 Å². The summed E-state index contributed by atoms with van der Waals surface area (Å²) in [4.78, 5) is 25.2. The Bertz CT molecular complexity index is 864. The number of allylic oxidation sites excluding steroid dienone is 6. The molecule has 2 fully saturated rings. The van der Waals surface area contributed by atoms with E-state index < -0.39 is 5.60 Å². The molecule has 0 aliphatic heterocycles. The van der Waals surface area contributed by atoms with Crippen molar-refractivity contribution in [1.29, 1.82) is 0 Å². The number of methoxy groups -OCH3 is 1. The molecular weight excluding hydrogens is 364 g/mol. The van der Waals surface area contributed by atoms with Crippen molar-refractivity contribution in [3.05, 3.63) is 48.1 Å². The van der Waals surface area contributed by atoms with Crippen LogP contribution in [0.5, 0.6) is 0 Å². The van der Waals surface area contributed by atoms with Crippen molar-refractivity contribution in [2.45, 2.75) is 52.1 Å². The highest BCUT2D eigenvalue weighted by molar-refractivity contribution is 6.09. The fourth-order valence-electron chi connectivity index (χ4n) is 7.10. The number of hydrogen-bond acceptors (Lipinski definition) is 4. The van der Waals surface area contributed by atoms with Crippen LogP contribution in [0, 0.1) is 28.6 Å². The summed E-state index contributed by atoms with van der Waals surface area (Å²) < 4.78 is 11.3. The molecule has 156 valence electrons. The third-order valence-corrected chi connectivity index (χ3v) is 8.86. The second kappa shape index (κ2) is 6.61. The van der Waals surface area contributed by atoms with Gasteiger partial charge in [0.2, 0.25) is 0 Å². The monoisotopic (exact) mass is 396 g/mol. The zero-order valence-corrected chi connectivity index (χ0v) is 18.0. The van der Waals surface area contributed by atoms with Gasteiger partial charge in [-0.3, -0.25) is 9.59 Å². The Balaban J connectivity index is 1.77. The van der Waals surface area contributed by atoms with Gasteiger partial charge in [-0.15, -0.1) is 0 Å². The van der Waals surface area contributed by atoms with Crippen LogP contribution in [0.15, 0.2) is 48.1 Å². The molecule has 4 rings (SSSR count). The van der Waals surface area contributed by atoms with Crippen LogP contribution in [0.4, 0.5) is 0 Å². The average Bonchev–Trinajstić information content (AvgIpc) is 2.99. The molecule has 4 aliphatic carbocycles. The molecule has 0 spiro atoms. The molecule has 0 aromatic carbocycles. The first-order valence-electron chi connectivity index (χ1n) is 10.6. The van der Waals surface area contributed by atoms with Gasteiger partial charge in [0, 0.05) is 23.5 Å². The summed E-state index contributed by atoms with van der Waals surface area (Å²) in [5, 5.41) is 0. The van der Waals surface area contributed by atoms with E-state index in [2.05, 4.69) is 39.2 Å². The van der Waals surface area contributed by atoms with E-state index >= 15 is 0 Å². The molecule has 0 radical (unpaired) electrons. The first-order valence-corrected chi connectivity index (χ1v) is 10.6. The highest BCUT2D eigenvalue weighted by Crippen LogP contribution is 2.67. The Kier molecular flexibility index (Phi) is 4.67. The number of ether oxygens (including phenoxy) is 2. The minimum atomic E-state index is -0.785. The first kappa shape index (κ1) is 20.5. The molecule has 2 saturated carbocycles. The number of carbonyl (C=O) groups excluding carboxylic acids is 2. The maximum absolute atomic E-state index is 12.8. The van der Waals surface area contributed by atoms with Crippen LogP contribution < -0.4 is 0 Å². The highest BCUT2D eigenvalue weighted by atomic mass is 16.7. The van der Waals surface area contributed by atoms with Gasteiger partial charge in [-0.25, -0.2) is 0 Å². The SMILES string of the molecule is C=C1C(=C)[C@@]2(C)C(=CC1=O)C=C[C@@H]1[C@@H]2CC[C@@]2(C)[C@H]1CC[C@]2(OCOC)C(C)=O. The number of Topliss-reactive ketones (excluding diaryl/α,β-unsaturated/α-hetero) is 1. The molecule has 29 heavy (non-hydrogen) atoms. The van der Waals surface area contributed by atoms with E-state index in [1.807, 2.05) is 0 Å². The van der Waals surface area contributed by atoms with Crippen molar-refractivity contribution in [3.63, 3.8) is 0 Å². The Morgan fingerprint density at radius 1 is 1.21 bits per heavy atom. The Hall–Kier alpha value is -1.78. The van der Waals surface area contributed by atoms with Crippen molar-refractivity contribution in [2.75, 3.05) is 13.9 Å². The van der Waals surface area contributed by atoms with E-state index in [1.165, 1.54) is 0 Å². The van der Waals surface area contributed by atoms with Crippen LogP contribution in [-0.2, 0) is 19.1 Å². The number of rotatable bonds is 4. The third-order valence-electron chi connectivity index (χ3n) is 8.86. The Morgan fingerprint density at radius 3 is 2.55 bits per heavy atom. The summed E-state index contributed by atoms with van der Waals surface area (Å²) in [6.45, 7) is 14.6. The smallest absolute Gasteiger partial charge is 0.185 e. The van der Waals surface area contributed by atoms with Crippen LogP contribution >= 0.6 is 0 Å². The van der Waals surface area contributed by atoms with Gasteiger partial charge in [0.05, 0.1) is 0 Å². The molecule has 0 aromatic rings. The van der Waals surface area contributed by atoms with Gasteiger partial charge in [-0.1, -0.05) is 39.2 Å². The van der Waals surface area contributed by atoms with Crippen molar-refractivity contribution in [3.8, 4) is 0 Å². The van der Waals surface area contributed by atoms with Crippen molar-refractivity contribution < 1.29 is 19.1 Å². The highest BCUT2D eigenvalue weighted by Gasteiger charge is 2.66. The van der Waals surface area contributed by atoms with E-state index in [9.17, 15) is 9.59 Å². The van der Waals surface area contributed by atoms with Gasteiger partial charge in [-0.05, 0) is 67.6 Å². The molecule has 0 aromatic heterocycles. The van der Waals surface area contributed by atoms with Gasteiger partial charge in [0.1, 0.15) is 12.4 Å². The normalized spacial score (nSPS) is 43.5. The molecule has 0 unspecified atom stereocenters. The number of hydrogen-bond donors (Lipinski definition) is 0. The number of carbonyl (C=O) groups is 2. The zero-order chi connectivity index (χ0) is 21.2. The summed E-state index contributed by atoms with van der Waals surface area (Å²) >= 11 is 0. The molecule has 6 atom stereocenters. The van der Waals surface area contributed by atoms with Crippen molar-refractivity contribution in [1.82, 2.24) is 0 Å². The van der Waals surface area contributed by atoms with Crippen LogP contribution in [-0.4, -0.2) is 31.1 Å². The summed E-state index contributed by atoms with van der Waals surface area (Å²) in [5.74, 6) is 1.08. The van der Waals surface area contributed by atoms with Crippen LogP contribution in [0.3, 0.4) is 0 Å². The second-order valence-electron chi connectivity index (χ2n) is 9.70. The molecule has 0 amide bonds. The van der Waals surface area contributed by atoms with Gasteiger partial charge >= 0.3 is 0 Å². The largest absolute Gasteiger partial charge is 0.359 e. The predicted molar refractivity (Wildman–Crippen MR) is 112 cm³/mol. The lowest BCUT2D eigenvalue weighted by Gasteiger charge is -2.58. The quantitative estimate of drug-likeness (QED) is 0.516. The van der Waals surface area contributed by atoms with E-state index in [-0.39, 0.29) is 29.2 Å². The summed E-state index contributed by atoms with van der Waals surface area (Å²) in [6, 6.07) is 0. The van der Waals surface area contributed by atoms with Crippen LogP contribution in [0.2, 0.25) is 0 Å². The maximum atomic E-state index is 12.8. The van der Waals surface area contributed by atoms with E-state index in [0.29, 0.717) is 23.3 Å². The Morgan fingerprint density at radius 2 is 1.90 bits per heavy atom. The third kappa shape index (κ3) is 2.45. The van der Waals surface area contributed by atoms with Gasteiger partial charge < -0.3 is 9.47 Å². The summed E-state index contributed by atoms with van der Waals surface area (Å²) in [5.41, 5.74) is 1.15. The minimum absolute atomic E-state index is 0.0318. The van der Waals surface area contributed by atoms with Gasteiger partial charge in [0.15, 0.2) is 11.6 Å². The molecule has 0 saturated heterocycles. The Labute approximate surface area is 173 Å². The molecule has 4 aliphatic rings. The maximum Gasteiger partial charge on any atom is 0.185 e. The van der Waals surface area contributed by atoms with Crippen LogP contribution in [0.1, 0.15) is 46.5 Å². The first-order chi connectivity index (χ1) is 13.6. The van der Waals surface area contributed by atoms with Gasteiger partial charge in [0.25, 0.3) is 0 Å². The average molecular weight is 397 g/mol. The lowest BCUT2D eigenvalue weighted by molar-refractivity contribution is -0.196. The second-order valence-corrected chi connectivity index (χ2v) is 9.70. The predicted octanol–water partition coefficient (Wildman–Crippen LogP) is 4.57. The molecular formula is C25H32O4. The lowest BCUT2D eigenvalue weighted by Crippen LogP contribution is -2.58. The number of ketones is 2. The van der Waals surface area contributed by atoms with E-state index in [0.717, 1.165) is 36.8 Å². The molecule has 4 nitrogen and oxygen atoms in total. The minimum Gasteiger partial charge on any atom is -0.359 e.